The molecule has 2 unspecified atom stereocenters. The SMILES string of the molecule is CCNC(C)c1ccc(N(C)C(C)C(C)(C)C)c(Br)c1. The Morgan fingerprint density at radius 1 is 1.25 bits per heavy atom. The van der Waals surface area contributed by atoms with Gasteiger partial charge >= 0.3 is 0 Å². The fraction of sp³-hybridized carbons (Fsp3) is 0.647. The molecule has 0 heterocycles. The zero-order valence-electron chi connectivity index (χ0n) is 13.9. The lowest BCUT2D eigenvalue weighted by Crippen LogP contribution is -2.39. The first-order chi connectivity index (χ1) is 9.18. The predicted octanol–water partition coefficient (Wildman–Crippen LogP) is 4.99. The number of hydrogen-bond acceptors (Lipinski definition) is 2. The molecule has 0 aliphatic carbocycles. The van der Waals surface area contributed by atoms with Gasteiger partial charge in [0.25, 0.3) is 0 Å². The highest BCUT2D eigenvalue weighted by Gasteiger charge is 2.25. The second kappa shape index (κ2) is 6.95. The van der Waals surface area contributed by atoms with Crippen molar-refractivity contribution in [1.82, 2.24) is 5.32 Å². The van der Waals surface area contributed by atoms with Crippen molar-refractivity contribution in [3.63, 3.8) is 0 Å². The zero-order valence-corrected chi connectivity index (χ0v) is 15.5. The summed E-state index contributed by atoms with van der Waals surface area (Å²) >= 11 is 3.73. The van der Waals surface area contributed by atoms with E-state index in [-0.39, 0.29) is 5.41 Å². The van der Waals surface area contributed by atoms with E-state index in [1.165, 1.54) is 15.7 Å². The van der Waals surface area contributed by atoms with Crippen LogP contribution < -0.4 is 10.2 Å². The highest BCUT2D eigenvalue weighted by atomic mass is 79.9. The lowest BCUT2D eigenvalue weighted by atomic mass is 9.87. The predicted molar refractivity (Wildman–Crippen MR) is 93.6 cm³/mol. The molecule has 0 fully saturated rings. The van der Waals surface area contributed by atoms with E-state index in [9.17, 15) is 0 Å². The third kappa shape index (κ3) is 4.23. The Morgan fingerprint density at radius 2 is 1.85 bits per heavy atom. The van der Waals surface area contributed by atoms with E-state index in [1.807, 2.05) is 0 Å². The molecule has 0 aliphatic heterocycles. The molecule has 2 nitrogen and oxygen atoms in total. The second-order valence-electron chi connectivity index (χ2n) is 6.64. The number of rotatable bonds is 5. The molecule has 20 heavy (non-hydrogen) atoms. The Morgan fingerprint density at radius 3 is 2.30 bits per heavy atom. The van der Waals surface area contributed by atoms with Crippen LogP contribution in [0.2, 0.25) is 0 Å². The maximum Gasteiger partial charge on any atom is 0.0510 e. The molecule has 114 valence electrons. The van der Waals surface area contributed by atoms with E-state index in [1.54, 1.807) is 0 Å². The standard InChI is InChI=1S/C17H29BrN2/c1-8-19-12(2)14-9-10-16(15(18)11-14)20(7)13(3)17(4,5)6/h9-13,19H,8H2,1-7H3. The normalized spacial score (nSPS) is 15.0. The van der Waals surface area contributed by atoms with E-state index in [2.05, 4.69) is 92.9 Å². The number of nitrogens with zero attached hydrogens (tertiary/aromatic N) is 1. The molecular weight excluding hydrogens is 312 g/mol. The molecule has 0 saturated carbocycles. The van der Waals surface area contributed by atoms with Gasteiger partial charge in [0, 0.05) is 23.6 Å². The molecule has 1 aromatic carbocycles. The first kappa shape index (κ1) is 17.5. The fourth-order valence-electron chi connectivity index (χ4n) is 2.29. The summed E-state index contributed by atoms with van der Waals surface area (Å²) in [7, 11) is 2.17. The van der Waals surface area contributed by atoms with Crippen LogP contribution in [0.1, 0.15) is 53.1 Å². The van der Waals surface area contributed by atoms with Crippen molar-refractivity contribution in [2.45, 2.75) is 53.6 Å². The summed E-state index contributed by atoms with van der Waals surface area (Å²) in [6, 6.07) is 7.52. The van der Waals surface area contributed by atoms with Crippen LogP contribution in [0.5, 0.6) is 0 Å². The van der Waals surface area contributed by atoms with Gasteiger partial charge in [0.15, 0.2) is 0 Å². The van der Waals surface area contributed by atoms with Gasteiger partial charge in [0.1, 0.15) is 0 Å². The smallest absolute Gasteiger partial charge is 0.0510 e. The molecular formula is C17H29BrN2. The first-order valence-corrected chi connectivity index (χ1v) is 8.23. The quantitative estimate of drug-likeness (QED) is 0.812. The average Bonchev–Trinajstić information content (AvgIpc) is 2.36. The minimum atomic E-state index is 0.254. The van der Waals surface area contributed by atoms with Crippen molar-refractivity contribution >= 4 is 21.6 Å². The van der Waals surface area contributed by atoms with E-state index in [4.69, 9.17) is 0 Å². The Bertz CT molecular complexity index is 437. The van der Waals surface area contributed by atoms with Crippen LogP contribution in [-0.4, -0.2) is 19.6 Å². The maximum absolute atomic E-state index is 3.73. The van der Waals surface area contributed by atoms with Gasteiger partial charge in [-0.1, -0.05) is 33.8 Å². The van der Waals surface area contributed by atoms with Gasteiger partial charge in [-0.2, -0.15) is 0 Å². The van der Waals surface area contributed by atoms with Crippen LogP contribution in [0.4, 0.5) is 5.69 Å². The van der Waals surface area contributed by atoms with Crippen LogP contribution in [0.25, 0.3) is 0 Å². The van der Waals surface area contributed by atoms with Crippen LogP contribution in [0, 0.1) is 5.41 Å². The fourth-order valence-corrected chi connectivity index (χ4v) is 2.97. The van der Waals surface area contributed by atoms with Crippen molar-refractivity contribution < 1.29 is 0 Å². The molecule has 0 spiro atoms. The van der Waals surface area contributed by atoms with Crippen molar-refractivity contribution in [2.75, 3.05) is 18.5 Å². The average molecular weight is 341 g/mol. The van der Waals surface area contributed by atoms with Crippen LogP contribution in [0.15, 0.2) is 22.7 Å². The molecule has 1 aromatic rings. The first-order valence-electron chi connectivity index (χ1n) is 7.44. The second-order valence-corrected chi connectivity index (χ2v) is 7.50. The van der Waals surface area contributed by atoms with Gasteiger partial charge in [0.2, 0.25) is 0 Å². The van der Waals surface area contributed by atoms with E-state index < -0.39 is 0 Å². The minimum absolute atomic E-state index is 0.254. The summed E-state index contributed by atoms with van der Waals surface area (Å²) in [6.45, 7) is 14.4. The molecule has 0 radical (unpaired) electrons. The highest BCUT2D eigenvalue weighted by Crippen LogP contribution is 2.33. The summed E-state index contributed by atoms with van der Waals surface area (Å²) in [5.41, 5.74) is 2.82. The number of nitrogens with one attached hydrogen (secondary N) is 1. The topological polar surface area (TPSA) is 15.3 Å². The van der Waals surface area contributed by atoms with Gasteiger partial charge in [-0.25, -0.2) is 0 Å². The van der Waals surface area contributed by atoms with Gasteiger partial charge in [0.05, 0.1) is 5.69 Å². The third-order valence-corrected chi connectivity index (χ3v) is 4.83. The molecule has 0 saturated heterocycles. The summed E-state index contributed by atoms with van der Waals surface area (Å²) in [5.74, 6) is 0. The lowest BCUT2D eigenvalue weighted by molar-refractivity contribution is 0.329. The van der Waals surface area contributed by atoms with Gasteiger partial charge in [-0.05, 0) is 59.4 Å². The van der Waals surface area contributed by atoms with Gasteiger partial charge < -0.3 is 10.2 Å². The zero-order chi connectivity index (χ0) is 15.5. The van der Waals surface area contributed by atoms with E-state index in [0.717, 1.165) is 6.54 Å². The number of hydrogen-bond donors (Lipinski definition) is 1. The molecule has 3 heteroatoms. The molecule has 1 rings (SSSR count). The molecule has 0 amide bonds. The molecule has 1 N–H and O–H groups in total. The van der Waals surface area contributed by atoms with Crippen LogP contribution in [0.3, 0.4) is 0 Å². The van der Waals surface area contributed by atoms with Crippen LogP contribution in [-0.2, 0) is 0 Å². The largest absolute Gasteiger partial charge is 0.370 e. The van der Waals surface area contributed by atoms with Crippen LogP contribution >= 0.6 is 15.9 Å². The molecule has 0 bridgehead atoms. The maximum atomic E-state index is 3.73. The summed E-state index contributed by atoms with van der Waals surface area (Å²) in [4.78, 5) is 2.35. The minimum Gasteiger partial charge on any atom is -0.370 e. The van der Waals surface area contributed by atoms with E-state index >= 15 is 0 Å². The Labute approximate surface area is 133 Å². The van der Waals surface area contributed by atoms with Crippen molar-refractivity contribution in [2.24, 2.45) is 5.41 Å². The van der Waals surface area contributed by atoms with Gasteiger partial charge in [-0.15, -0.1) is 0 Å². The Balaban J connectivity index is 2.98. The molecule has 2 atom stereocenters. The monoisotopic (exact) mass is 340 g/mol. The van der Waals surface area contributed by atoms with Crippen molar-refractivity contribution in [1.29, 1.82) is 0 Å². The Kier molecular flexibility index (Phi) is 6.08. The Hall–Kier alpha value is -0.540. The van der Waals surface area contributed by atoms with Gasteiger partial charge in [-0.3, -0.25) is 0 Å². The number of halogens is 1. The summed E-state index contributed by atoms with van der Waals surface area (Å²) in [6.07, 6.45) is 0. The number of benzene rings is 1. The molecule has 0 aromatic heterocycles. The third-order valence-electron chi connectivity index (χ3n) is 4.20. The summed E-state index contributed by atoms with van der Waals surface area (Å²) < 4.78 is 1.17. The van der Waals surface area contributed by atoms with Crippen molar-refractivity contribution in [3.05, 3.63) is 28.2 Å². The van der Waals surface area contributed by atoms with Crippen molar-refractivity contribution in [3.8, 4) is 0 Å². The highest BCUT2D eigenvalue weighted by molar-refractivity contribution is 9.10. The molecule has 0 aliphatic rings. The lowest BCUT2D eigenvalue weighted by Gasteiger charge is -2.37. The summed E-state index contributed by atoms with van der Waals surface area (Å²) in [5, 5.41) is 3.45. The number of anilines is 1. The van der Waals surface area contributed by atoms with E-state index in [0.29, 0.717) is 12.1 Å².